The molecule has 4 rings (SSSR count). The highest BCUT2D eigenvalue weighted by Gasteiger charge is 2.41. The van der Waals surface area contributed by atoms with Crippen molar-refractivity contribution < 1.29 is 19.3 Å². The summed E-state index contributed by atoms with van der Waals surface area (Å²) in [6.07, 6.45) is 0.504. The molecule has 0 spiro atoms. The van der Waals surface area contributed by atoms with E-state index in [1.807, 2.05) is 68.4 Å². The van der Waals surface area contributed by atoms with Crippen LogP contribution in [0.25, 0.3) is 0 Å². The van der Waals surface area contributed by atoms with Gasteiger partial charge >= 0.3 is 13.1 Å². The molecule has 9 heteroatoms. The van der Waals surface area contributed by atoms with E-state index in [2.05, 4.69) is 10.6 Å². The normalized spacial score (nSPS) is 17.9. The van der Waals surface area contributed by atoms with Gasteiger partial charge in [-0.05, 0) is 48.7 Å². The molecule has 31 heavy (non-hydrogen) atoms. The van der Waals surface area contributed by atoms with Crippen molar-refractivity contribution in [1.82, 2.24) is 10.2 Å². The van der Waals surface area contributed by atoms with Crippen molar-refractivity contribution in [2.45, 2.75) is 19.3 Å². The lowest BCUT2D eigenvalue weighted by atomic mass is 9.72. The summed E-state index contributed by atoms with van der Waals surface area (Å²) in [6, 6.07) is 13.1. The molecule has 0 aromatic heterocycles. The highest BCUT2D eigenvalue weighted by atomic mass is 16.5. The highest BCUT2D eigenvalue weighted by molar-refractivity contribution is 6.46. The Balaban J connectivity index is 1.27. The van der Waals surface area contributed by atoms with Gasteiger partial charge in [-0.3, -0.25) is 4.79 Å². The van der Waals surface area contributed by atoms with E-state index in [0.717, 1.165) is 16.8 Å². The number of likely N-dealkylation sites (tertiary alicyclic amines) is 1. The summed E-state index contributed by atoms with van der Waals surface area (Å²) in [5, 5.41) is 16.0. The number of carbonyl (C=O) groups excluding carboxylic acids is 2. The van der Waals surface area contributed by atoms with Crippen molar-refractivity contribution >= 4 is 30.4 Å². The van der Waals surface area contributed by atoms with E-state index in [0.29, 0.717) is 30.9 Å². The van der Waals surface area contributed by atoms with E-state index in [1.54, 1.807) is 4.90 Å². The van der Waals surface area contributed by atoms with E-state index in [1.165, 1.54) is 0 Å². The van der Waals surface area contributed by atoms with Gasteiger partial charge in [0.05, 0.1) is 11.9 Å². The third-order valence-corrected chi connectivity index (χ3v) is 5.82. The quantitative estimate of drug-likeness (QED) is 0.652. The van der Waals surface area contributed by atoms with E-state index in [9.17, 15) is 14.6 Å². The van der Waals surface area contributed by atoms with Crippen LogP contribution in [0.5, 0.6) is 5.75 Å². The van der Waals surface area contributed by atoms with Crippen LogP contribution in [-0.2, 0) is 11.2 Å². The summed E-state index contributed by atoms with van der Waals surface area (Å²) >= 11 is 0. The maximum Gasteiger partial charge on any atom is 0.547 e. The Labute approximate surface area is 182 Å². The van der Waals surface area contributed by atoms with E-state index < -0.39 is 13.1 Å². The Morgan fingerprint density at radius 1 is 1.16 bits per heavy atom. The molecule has 1 unspecified atom stereocenters. The zero-order chi connectivity index (χ0) is 22.1. The van der Waals surface area contributed by atoms with E-state index >= 15 is 0 Å². The predicted molar refractivity (Wildman–Crippen MR) is 120 cm³/mol. The Kier molecular flexibility index (Phi) is 5.78. The largest absolute Gasteiger partial charge is 0.547 e. The van der Waals surface area contributed by atoms with Crippen LogP contribution in [0.15, 0.2) is 42.5 Å². The van der Waals surface area contributed by atoms with E-state index in [-0.39, 0.29) is 17.9 Å². The molecular weight excluding hydrogens is 395 g/mol. The molecule has 2 aromatic rings. The van der Waals surface area contributed by atoms with Gasteiger partial charge in [-0.2, -0.15) is 0 Å². The van der Waals surface area contributed by atoms with Crippen LogP contribution in [0.3, 0.4) is 0 Å². The summed E-state index contributed by atoms with van der Waals surface area (Å²) in [5.74, 6) is -0.304. The number of urea groups is 1. The number of nitrogens with zero attached hydrogens (tertiary/aromatic N) is 2. The van der Waals surface area contributed by atoms with Crippen LogP contribution in [0.2, 0.25) is 0 Å². The van der Waals surface area contributed by atoms with Crippen LogP contribution in [0.4, 0.5) is 16.2 Å². The third kappa shape index (κ3) is 4.46. The number of hydrogen-bond donors (Lipinski definition) is 3. The topological polar surface area (TPSA) is 94.1 Å². The first kappa shape index (κ1) is 21.1. The van der Waals surface area contributed by atoms with Gasteiger partial charge in [0, 0.05) is 38.6 Å². The summed E-state index contributed by atoms with van der Waals surface area (Å²) in [7, 11) is 2.82. The molecule has 0 saturated carbocycles. The van der Waals surface area contributed by atoms with Crippen LogP contribution in [0.1, 0.15) is 11.1 Å². The van der Waals surface area contributed by atoms with Crippen LogP contribution < -0.4 is 20.2 Å². The number of amides is 3. The lowest BCUT2D eigenvalue weighted by Gasteiger charge is -2.39. The van der Waals surface area contributed by atoms with Crippen LogP contribution in [0, 0.1) is 12.8 Å². The molecule has 3 N–H and O–H groups in total. The predicted octanol–water partition coefficient (Wildman–Crippen LogP) is 1.66. The summed E-state index contributed by atoms with van der Waals surface area (Å²) in [6.45, 7) is 2.61. The summed E-state index contributed by atoms with van der Waals surface area (Å²) in [4.78, 5) is 28.6. The summed E-state index contributed by atoms with van der Waals surface area (Å²) in [5.41, 5.74) is 3.68. The van der Waals surface area contributed by atoms with Crippen molar-refractivity contribution in [3.05, 3.63) is 53.6 Å². The molecule has 1 atom stereocenters. The van der Waals surface area contributed by atoms with Gasteiger partial charge in [-0.1, -0.05) is 18.2 Å². The smallest absolute Gasteiger partial charge is 0.534 e. The lowest BCUT2D eigenvalue weighted by molar-refractivity contribution is -0.129. The molecule has 1 saturated heterocycles. The molecule has 0 radical (unpaired) electrons. The number of nitrogens with one attached hydrogen (secondary N) is 2. The Hall–Kier alpha value is -3.20. The van der Waals surface area contributed by atoms with Gasteiger partial charge in [0.25, 0.3) is 0 Å². The van der Waals surface area contributed by atoms with Gasteiger partial charge < -0.3 is 30.1 Å². The molecule has 2 aliphatic heterocycles. The summed E-state index contributed by atoms with van der Waals surface area (Å²) < 4.78 is 5.62. The molecule has 8 nitrogen and oxygen atoms in total. The fourth-order valence-electron chi connectivity index (χ4n) is 3.86. The second-order valence-electron chi connectivity index (χ2n) is 8.36. The number of hydrogen-bond acceptors (Lipinski definition) is 5. The lowest BCUT2D eigenvalue weighted by Crippen LogP contribution is -2.61. The number of para-hydroxylation sites is 1. The molecule has 2 aliphatic rings. The molecule has 2 aromatic carbocycles. The van der Waals surface area contributed by atoms with Crippen molar-refractivity contribution in [3.63, 3.8) is 0 Å². The maximum absolute atomic E-state index is 12.6. The molecule has 1 fully saturated rings. The molecule has 162 valence electrons. The number of carbonyl (C=O) groups is 2. The van der Waals surface area contributed by atoms with Gasteiger partial charge in [-0.25, -0.2) is 4.79 Å². The number of aryl methyl sites for hydroxylation is 1. The Morgan fingerprint density at radius 3 is 2.55 bits per heavy atom. The first-order chi connectivity index (χ1) is 14.8. The van der Waals surface area contributed by atoms with Crippen LogP contribution in [-0.4, -0.2) is 62.1 Å². The first-order valence-corrected chi connectivity index (χ1v) is 10.4. The number of fused-ring (bicyclic) bond motifs is 1. The minimum atomic E-state index is -1.10. The molecule has 0 bridgehead atoms. The average molecular weight is 422 g/mol. The van der Waals surface area contributed by atoms with Gasteiger partial charge in [0.2, 0.25) is 5.91 Å². The van der Waals surface area contributed by atoms with Crippen LogP contribution >= 0.6 is 0 Å². The zero-order valence-corrected chi connectivity index (χ0v) is 18.0. The molecule has 0 aliphatic carbocycles. The molecule has 3 amide bonds. The second-order valence-corrected chi connectivity index (χ2v) is 8.36. The number of rotatable bonds is 4. The minimum absolute atomic E-state index is 0.178. The van der Waals surface area contributed by atoms with Crippen molar-refractivity contribution in [2.24, 2.45) is 5.92 Å². The van der Waals surface area contributed by atoms with Gasteiger partial charge in [-0.15, -0.1) is 0 Å². The average Bonchev–Trinajstić information content (AvgIpc) is 2.68. The van der Waals surface area contributed by atoms with Gasteiger partial charge in [0.1, 0.15) is 5.75 Å². The Morgan fingerprint density at radius 2 is 1.87 bits per heavy atom. The SMILES string of the molecule is Cc1cccc2c1OB(O)C(NC(=O)C1CN(C(=O)Nc3ccc(N(C)C)cc3)C1)C2. The van der Waals surface area contributed by atoms with Crippen molar-refractivity contribution in [3.8, 4) is 5.75 Å². The minimum Gasteiger partial charge on any atom is -0.534 e. The maximum atomic E-state index is 12.6. The number of benzene rings is 2. The second kappa shape index (κ2) is 8.51. The fourth-order valence-corrected chi connectivity index (χ4v) is 3.86. The number of anilines is 2. The molecule has 2 heterocycles. The Bertz CT molecular complexity index is 976. The van der Waals surface area contributed by atoms with Crippen molar-refractivity contribution in [2.75, 3.05) is 37.4 Å². The standard InChI is InChI=1S/C22H27BN4O4/c1-14-5-4-6-15-11-19(23(30)31-20(14)15)25-21(28)16-12-27(13-16)22(29)24-17-7-9-18(10-8-17)26(2)3/h4-10,16,19,30H,11-13H2,1-3H3,(H,24,29)(H,25,28). The highest BCUT2D eigenvalue weighted by Crippen LogP contribution is 2.29. The first-order valence-electron chi connectivity index (χ1n) is 10.4. The van der Waals surface area contributed by atoms with E-state index in [4.69, 9.17) is 4.65 Å². The van der Waals surface area contributed by atoms with Gasteiger partial charge in [0.15, 0.2) is 0 Å². The van der Waals surface area contributed by atoms with Crippen molar-refractivity contribution in [1.29, 1.82) is 0 Å². The monoisotopic (exact) mass is 422 g/mol. The fraction of sp³-hybridized carbons (Fsp3) is 0.364. The third-order valence-electron chi connectivity index (χ3n) is 5.82. The molecular formula is C22H27BN4O4. The zero-order valence-electron chi connectivity index (χ0n) is 18.0.